The molecule has 0 aromatic heterocycles. The zero-order valence-corrected chi connectivity index (χ0v) is 8.66. The van der Waals surface area contributed by atoms with Gasteiger partial charge in [0.2, 0.25) is 0 Å². The molecule has 0 saturated heterocycles. The highest BCUT2D eigenvalue weighted by Crippen LogP contribution is 2.17. The van der Waals surface area contributed by atoms with Gasteiger partial charge in [0.1, 0.15) is 0 Å². The molecule has 0 aliphatic rings. The summed E-state index contributed by atoms with van der Waals surface area (Å²) in [6.45, 7) is 2.01. The molecule has 0 unspecified atom stereocenters. The first-order valence-corrected chi connectivity index (χ1v) is 4.21. The van der Waals surface area contributed by atoms with Crippen LogP contribution in [0.1, 0.15) is 5.56 Å². The van der Waals surface area contributed by atoms with Crippen LogP contribution in [-0.2, 0) is 9.59 Å². The average molecular weight is 277 g/mol. The summed E-state index contributed by atoms with van der Waals surface area (Å²) in [5.41, 5.74) is 7.73. The third-order valence-electron chi connectivity index (χ3n) is 1.27. The van der Waals surface area contributed by atoms with E-state index in [0.29, 0.717) is 0 Å². The highest BCUT2D eigenvalue weighted by atomic mass is 127. The van der Waals surface area contributed by atoms with Gasteiger partial charge in [-0.15, -0.1) is 0 Å². The van der Waals surface area contributed by atoms with E-state index in [-0.39, 0.29) is 6.15 Å². The fourth-order valence-corrected chi connectivity index (χ4v) is 1.28. The van der Waals surface area contributed by atoms with Crippen molar-refractivity contribution < 1.29 is 9.59 Å². The van der Waals surface area contributed by atoms with E-state index in [1.807, 2.05) is 25.1 Å². The summed E-state index contributed by atoms with van der Waals surface area (Å²) < 4.78 is 1.13. The summed E-state index contributed by atoms with van der Waals surface area (Å²) in [6, 6.07) is 6.02. The van der Waals surface area contributed by atoms with Crippen LogP contribution in [0.3, 0.4) is 0 Å². The molecular formula is C8H8INO2. The fourth-order valence-electron chi connectivity index (χ4n) is 0.645. The molecule has 0 radical (unpaired) electrons. The van der Waals surface area contributed by atoms with Gasteiger partial charge in [-0.1, -0.05) is 12.1 Å². The van der Waals surface area contributed by atoms with Crippen molar-refractivity contribution in [3.05, 3.63) is 27.3 Å². The molecule has 1 rings (SSSR count). The number of aryl methyl sites for hydroxylation is 1. The Balaban J connectivity index is 0.000000354. The Bertz CT molecular complexity index is 273. The van der Waals surface area contributed by atoms with Crippen LogP contribution in [-0.4, -0.2) is 6.15 Å². The van der Waals surface area contributed by atoms with Crippen LogP contribution >= 0.6 is 22.6 Å². The molecule has 0 amide bonds. The van der Waals surface area contributed by atoms with E-state index in [1.54, 1.807) is 0 Å². The van der Waals surface area contributed by atoms with Crippen molar-refractivity contribution >= 4 is 34.4 Å². The quantitative estimate of drug-likeness (QED) is 0.578. The average Bonchev–Trinajstić information content (AvgIpc) is 2.02. The van der Waals surface area contributed by atoms with Crippen LogP contribution in [0, 0.1) is 10.5 Å². The first-order valence-electron chi connectivity index (χ1n) is 3.13. The summed E-state index contributed by atoms with van der Waals surface area (Å²) >= 11 is 2.22. The molecule has 1 aromatic rings. The van der Waals surface area contributed by atoms with E-state index in [0.717, 1.165) is 14.8 Å². The lowest BCUT2D eigenvalue weighted by molar-refractivity contribution is -0.191. The Morgan fingerprint density at radius 2 is 1.92 bits per heavy atom. The minimum atomic E-state index is 0.250. The zero-order chi connectivity index (χ0) is 9.56. The van der Waals surface area contributed by atoms with Crippen molar-refractivity contribution in [2.45, 2.75) is 6.92 Å². The number of benzene rings is 1. The maximum atomic E-state index is 8.12. The smallest absolute Gasteiger partial charge is 0.373 e. The number of para-hydroxylation sites is 1. The van der Waals surface area contributed by atoms with Crippen molar-refractivity contribution in [2.24, 2.45) is 0 Å². The van der Waals surface area contributed by atoms with E-state index in [4.69, 9.17) is 15.3 Å². The predicted molar refractivity (Wildman–Crippen MR) is 53.3 cm³/mol. The Kier molecular flexibility index (Phi) is 5.32. The molecule has 3 nitrogen and oxygen atoms in total. The highest BCUT2D eigenvalue weighted by molar-refractivity contribution is 14.1. The normalized spacial score (nSPS) is 7.83. The van der Waals surface area contributed by atoms with Gasteiger partial charge in [0.25, 0.3) is 0 Å². The van der Waals surface area contributed by atoms with Gasteiger partial charge in [0.15, 0.2) is 0 Å². The van der Waals surface area contributed by atoms with Crippen LogP contribution in [0.2, 0.25) is 0 Å². The second kappa shape index (κ2) is 5.74. The third kappa shape index (κ3) is 3.50. The van der Waals surface area contributed by atoms with Crippen LogP contribution in [0.15, 0.2) is 18.2 Å². The topological polar surface area (TPSA) is 60.2 Å². The van der Waals surface area contributed by atoms with E-state index >= 15 is 0 Å². The molecule has 0 saturated carbocycles. The molecular weight excluding hydrogens is 269 g/mol. The minimum absolute atomic E-state index is 0.250. The molecule has 64 valence electrons. The molecule has 0 fully saturated rings. The van der Waals surface area contributed by atoms with Gasteiger partial charge in [0, 0.05) is 9.26 Å². The number of hydrogen-bond acceptors (Lipinski definition) is 3. The SMILES string of the molecule is Cc1cccc(I)c1N.O=C=O. The monoisotopic (exact) mass is 277 g/mol. The molecule has 0 atom stereocenters. The lowest BCUT2D eigenvalue weighted by Crippen LogP contribution is -1.91. The molecule has 0 heterocycles. The second-order valence-corrected chi connectivity index (χ2v) is 3.22. The molecule has 0 aliphatic heterocycles. The summed E-state index contributed by atoms with van der Waals surface area (Å²) in [5.74, 6) is 0. The molecule has 1 aromatic carbocycles. The van der Waals surface area contributed by atoms with Gasteiger partial charge in [0.05, 0.1) is 0 Å². The van der Waals surface area contributed by atoms with E-state index < -0.39 is 0 Å². The molecule has 0 spiro atoms. The number of carbonyl (C=O) groups excluding carboxylic acids is 2. The van der Waals surface area contributed by atoms with Crippen molar-refractivity contribution in [3.8, 4) is 0 Å². The van der Waals surface area contributed by atoms with Crippen molar-refractivity contribution in [3.63, 3.8) is 0 Å². The Morgan fingerprint density at radius 1 is 1.42 bits per heavy atom. The molecule has 2 N–H and O–H groups in total. The number of anilines is 1. The van der Waals surface area contributed by atoms with Crippen molar-refractivity contribution in [2.75, 3.05) is 5.73 Å². The number of halogens is 1. The highest BCUT2D eigenvalue weighted by Gasteiger charge is 1.94. The van der Waals surface area contributed by atoms with Gasteiger partial charge in [-0.25, -0.2) is 0 Å². The van der Waals surface area contributed by atoms with Gasteiger partial charge in [-0.05, 0) is 41.1 Å². The largest absolute Gasteiger partial charge is 0.398 e. The van der Waals surface area contributed by atoms with Crippen LogP contribution in [0.5, 0.6) is 0 Å². The van der Waals surface area contributed by atoms with Crippen molar-refractivity contribution in [1.29, 1.82) is 0 Å². The number of nitrogens with two attached hydrogens (primary N) is 1. The summed E-state index contributed by atoms with van der Waals surface area (Å²) in [6.07, 6.45) is 0.250. The second-order valence-electron chi connectivity index (χ2n) is 2.05. The fraction of sp³-hybridized carbons (Fsp3) is 0.125. The zero-order valence-electron chi connectivity index (χ0n) is 6.50. The summed E-state index contributed by atoms with van der Waals surface area (Å²) in [5, 5.41) is 0. The van der Waals surface area contributed by atoms with Gasteiger partial charge in [-0.2, -0.15) is 9.59 Å². The summed E-state index contributed by atoms with van der Waals surface area (Å²) in [4.78, 5) is 16.2. The number of rotatable bonds is 0. The van der Waals surface area contributed by atoms with Crippen molar-refractivity contribution in [1.82, 2.24) is 0 Å². The standard InChI is InChI=1S/C7H8IN.CO2/c1-5-3-2-4-6(8)7(5)9;2-1-3/h2-4H,9H2,1H3;. The van der Waals surface area contributed by atoms with Crippen LogP contribution < -0.4 is 5.73 Å². The predicted octanol–water partition coefficient (Wildman–Crippen LogP) is 1.60. The molecule has 12 heavy (non-hydrogen) atoms. The lowest BCUT2D eigenvalue weighted by Gasteiger charge is -1.99. The van der Waals surface area contributed by atoms with E-state index in [2.05, 4.69) is 22.6 Å². The first kappa shape index (κ1) is 11.1. The minimum Gasteiger partial charge on any atom is -0.398 e. The maximum Gasteiger partial charge on any atom is 0.373 e. The lowest BCUT2D eigenvalue weighted by atomic mass is 10.2. The van der Waals surface area contributed by atoms with Crippen LogP contribution in [0.4, 0.5) is 5.69 Å². The Morgan fingerprint density at radius 3 is 2.25 bits per heavy atom. The molecule has 0 aliphatic carbocycles. The van der Waals surface area contributed by atoms with Crippen LogP contribution in [0.25, 0.3) is 0 Å². The number of nitrogen functional groups attached to an aromatic ring is 1. The van der Waals surface area contributed by atoms with Gasteiger partial charge < -0.3 is 5.73 Å². The first-order chi connectivity index (χ1) is 5.63. The Labute approximate surface area is 84.1 Å². The van der Waals surface area contributed by atoms with Gasteiger partial charge in [-0.3, -0.25) is 0 Å². The summed E-state index contributed by atoms with van der Waals surface area (Å²) in [7, 11) is 0. The number of hydrogen-bond donors (Lipinski definition) is 1. The third-order valence-corrected chi connectivity index (χ3v) is 2.21. The van der Waals surface area contributed by atoms with Gasteiger partial charge >= 0.3 is 6.15 Å². The van der Waals surface area contributed by atoms with E-state index in [9.17, 15) is 0 Å². The van der Waals surface area contributed by atoms with E-state index in [1.165, 1.54) is 0 Å². The molecule has 0 bridgehead atoms. The maximum absolute atomic E-state index is 8.12. The molecule has 4 heteroatoms. The Hall–Kier alpha value is -0.870.